The number of rotatable bonds is 15. The molecule has 0 spiro atoms. The van der Waals surface area contributed by atoms with E-state index in [4.69, 9.17) is 9.47 Å². The van der Waals surface area contributed by atoms with Crippen molar-refractivity contribution in [2.75, 3.05) is 70.7 Å². The summed E-state index contributed by atoms with van der Waals surface area (Å²) in [5, 5.41) is 34.3. The molecule has 0 amide bonds. The van der Waals surface area contributed by atoms with E-state index in [2.05, 4.69) is 61.6 Å². The molecule has 6 N–H and O–H groups in total. The third-order valence-electron chi connectivity index (χ3n) is 11.9. The summed E-state index contributed by atoms with van der Waals surface area (Å²) in [6.07, 6.45) is 9.69. The number of hydrazone groups is 2. The molecule has 75 heavy (non-hydrogen) atoms. The third-order valence-corrected chi connectivity index (χ3v) is 11.9. The molecule has 20 heteroatoms. The maximum absolute atomic E-state index is 14.4. The van der Waals surface area contributed by atoms with Crippen LogP contribution in [0, 0.1) is 11.6 Å². The van der Waals surface area contributed by atoms with Gasteiger partial charge in [0.1, 0.15) is 11.5 Å². The predicted octanol–water partition coefficient (Wildman–Crippen LogP) is 9.99. The molecule has 2 aliphatic heterocycles. The largest absolute Gasteiger partial charge is 0.508 e. The lowest BCUT2D eigenvalue weighted by Gasteiger charge is -2.33. The average molecular weight is 1010 g/mol. The number of nitrogens with one attached hydrogen (secondary N) is 4. The molecular formula is C55H54F2N14O4. The van der Waals surface area contributed by atoms with Gasteiger partial charge in [0.05, 0.1) is 85.4 Å². The second-order valence-corrected chi connectivity index (χ2v) is 17.4. The summed E-state index contributed by atoms with van der Waals surface area (Å²) in [4.78, 5) is 29.0. The van der Waals surface area contributed by atoms with Gasteiger partial charge in [-0.25, -0.2) is 29.6 Å². The van der Waals surface area contributed by atoms with Gasteiger partial charge in [-0.05, 0) is 108 Å². The number of phenolic OH excluding ortho intramolecular Hbond substituents is 2. The first-order valence-corrected chi connectivity index (χ1v) is 24.2. The number of hydrogen-bond acceptors (Lipinski definition) is 18. The molecule has 6 heterocycles. The van der Waals surface area contributed by atoms with E-state index in [9.17, 15) is 19.0 Å². The van der Waals surface area contributed by atoms with E-state index in [0.717, 1.165) is 63.8 Å². The summed E-state index contributed by atoms with van der Waals surface area (Å²) in [5.74, 6) is 0.375. The van der Waals surface area contributed by atoms with Crippen LogP contribution in [0.1, 0.15) is 31.7 Å². The average Bonchev–Trinajstić information content (AvgIpc) is 3.43. The summed E-state index contributed by atoms with van der Waals surface area (Å²) in [6.45, 7) is 7.31. The van der Waals surface area contributed by atoms with Crippen LogP contribution >= 0.6 is 0 Å². The van der Waals surface area contributed by atoms with Crippen molar-refractivity contribution in [2.45, 2.75) is 32.5 Å². The van der Waals surface area contributed by atoms with E-state index >= 15 is 0 Å². The lowest BCUT2D eigenvalue weighted by Crippen LogP contribution is -2.43. The summed E-state index contributed by atoms with van der Waals surface area (Å²) >= 11 is 0. The van der Waals surface area contributed by atoms with Gasteiger partial charge in [-0.2, -0.15) is 20.2 Å². The Morgan fingerprint density at radius 1 is 0.573 bits per heavy atom. The highest BCUT2D eigenvalue weighted by Crippen LogP contribution is 2.28. The molecule has 0 radical (unpaired) electrons. The normalized spacial score (nSPS) is 15.6. The van der Waals surface area contributed by atoms with E-state index < -0.39 is 11.6 Å². The van der Waals surface area contributed by atoms with Crippen LogP contribution in [0.15, 0.2) is 156 Å². The van der Waals surface area contributed by atoms with Crippen molar-refractivity contribution >= 4 is 58.7 Å². The number of halogens is 2. The van der Waals surface area contributed by atoms with Gasteiger partial charge in [0, 0.05) is 37.6 Å². The number of phenols is 2. The first-order chi connectivity index (χ1) is 36.6. The first-order valence-electron chi connectivity index (χ1n) is 24.2. The maximum atomic E-state index is 14.4. The smallest absolute Gasteiger partial charge is 0.245 e. The van der Waals surface area contributed by atoms with Crippen LogP contribution in [0.2, 0.25) is 0 Å². The van der Waals surface area contributed by atoms with Crippen molar-refractivity contribution in [3.05, 3.63) is 169 Å². The molecule has 2 aliphatic rings. The van der Waals surface area contributed by atoms with Crippen LogP contribution in [-0.2, 0) is 9.47 Å². The van der Waals surface area contributed by atoms with Crippen LogP contribution in [0.4, 0.5) is 55.1 Å². The van der Waals surface area contributed by atoms with Crippen LogP contribution in [0.25, 0.3) is 22.3 Å². The fourth-order valence-corrected chi connectivity index (χ4v) is 8.06. The molecule has 2 unspecified atom stereocenters. The van der Waals surface area contributed by atoms with Gasteiger partial charge >= 0.3 is 0 Å². The molecule has 4 aromatic heterocycles. The van der Waals surface area contributed by atoms with Crippen LogP contribution in [0.3, 0.4) is 0 Å². The Morgan fingerprint density at radius 3 is 1.48 bits per heavy atom. The van der Waals surface area contributed by atoms with Gasteiger partial charge in [0.25, 0.3) is 0 Å². The van der Waals surface area contributed by atoms with Crippen molar-refractivity contribution < 1.29 is 28.5 Å². The molecule has 8 aromatic rings. The molecule has 18 nitrogen and oxygen atoms in total. The lowest BCUT2D eigenvalue weighted by molar-refractivity contribution is 0.0379. The Hall–Kier alpha value is -9.14. The SMILES string of the molecule is CC1CN(c2nc(N/N=C/c3ccc(Nc4ccc(-c5cccc(O)c5)cc4)cn3)ncc2F)CCO1.CCC1CN(c2nc(N/N=C/c3ccc(Nc4ccc(-c5cccc(O)c5)cc4)cn3)ncc2F)CCO1. The van der Waals surface area contributed by atoms with E-state index in [1.54, 1.807) is 42.9 Å². The molecule has 2 saturated heterocycles. The fraction of sp³-hybridized carbons (Fsp3) is 0.200. The molecule has 10 rings (SSSR count). The molecule has 2 fully saturated rings. The minimum atomic E-state index is -0.484. The second-order valence-electron chi connectivity index (χ2n) is 17.4. The number of pyridine rings is 2. The number of hydrogen-bond donors (Lipinski definition) is 6. The molecule has 2 atom stereocenters. The summed E-state index contributed by atoms with van der Waals surface area (Å²) in [5.41, 5.74) is 14.1. The number of nitrogens with zero attached hydrogens (tertiary/aromatic N) is 10. The summed E-state index contributed by atoms with van der Waals surface area (Å²) in [6, 6.07) is 37.5. The Morgan fingerprint density at radius 2 is 1.04 bits per heavy atom. The van der Waals surface area contributed by atoms with Crippen molar-refractivity contribution in [2.24, 2.45) is 10.2 Å². The van der Waals surface area contributed by atoms with E-state index in [-0.39, 0.29) is 47.2 Å². The second kappa shape index (κ2) is 24.5. The summed E-state index contributed by atoms with van der Waals surface area (Å²) in [7, 11) is 0. The summed E-state index contributed by atoms with van der Waals surface area (Å²) < 4.78 is 39.8. The maximum Gasteiger partial charge on any atom is 0.245 e. The standard InChI is InChI=1S/C28H28FN7O2.C27H26FN7O2/c1-2-25-18-36(12-13-38-25)27-26(29)17-31-28(34-27)35-32-16-22-10-11-23(15-30-22)33-21-8-6-19(7-9-21)20-4-3-5-24(37)14-20;1-18-17-35(11-12-37-18)26-25(28)16-30-27(33-26)34-31-15-22-9-10-23(14-29-22)32-21-7-5-19(6-8-21)20-3-2-4-24(36)13-20/h3-11,14-17,25,33,37H,2,12-13,18H2,1H3,(H,31,34,35);2-10,13-16,18,32,36H,11-12,17H2,1H3,(H,30,33,34)/b32-16+;31-15+. The predicted molar refractivity (Wildman–Crippen MR) is 288 cm³/mol. The Balaban J connectivity index is 0.000000184. The number of morpholine rings is 2. The Kier molecular flexibility index (Phi) is 16.6. The quantitative estimate of drug-likeness (QED) is 0.0416. The zero-order valence-corrected chi connectivity index (χ0v) is 41.1. The van der Waals surface area contributed by atoms with Gasteiger partial charge in [-0.3, -0.25) is 9.97 Å². The van der Waals surface area contributed by atoms with Gasteiger partial charge < -0.3 is 40.1 Å². The van der Waals surface area contributed by atoms with Crippen LogP contribution < -0.4 is 31.3 Å². The number of anilines is 8. The zero-order chi connectivity index (χ0) is 51.9. The van der Waals surface area contributed by atoms with Crippen molar-refractivity contribution in [3.8, 4) is 33.8 Å². The molecular weight excluding hydrogens is 959 g/mol. The van der Waals surface area contributed by atoms with Crippen molar-refractivity contribution in [1.82, 2.24) is 29.9 Å². The van der Waals surface area contributed by atoms with Gasteiger partial charge in [0.15, 0.2) is 23.3 Å². The lowest BCUT2D eigenvalue weighted by atomic mass is 10.1. The highest BCUT2D eigenvalue weighted by molar-refractivity contribution is 5.79. The minimum Gasteiger partial charge on any atom is -0.508 e. The van der Waals surface area contributed by atoms with E-state index in [0.29, 0.717) is 50.8 Å². The highest BCUT2D eigenvalue weighted by Gasteiger charge is 2.24. The Bertz CT molecular complexity index is 3210. The van der Waals surface area contributed by atoms with E-state index in [1.165, 1.54) is 6.21 Å². The first kappa shape index (κ1) is 50.8. The highest BCUT2D eigenvalue weighted by atomic mass is 19.1. The molecule has 0 saturated carbocycles. The van der Waals surface area contributed by atoms with Gasteiger partial charge in [0.2, 0.25) is 11.9 Å². The Labute approximate surface area is 431 Å². The number of aromatic nitrogens is 6. The fourth-order valence-electron chi connectivity index (χ4n) is 8.06. The van der Waals surface area contributed by atoms with Crippen LogP contribution in [0.5, 0.6) is 11.5 Å². The molecule has 0 bridgehead atoms. The zero-order valence-electron chi connectivity index (χ0n) is 41.1. The number of ether oxygens (including phenoxy) is 2. The van der Waals surface area contributed by atoms with E-state index in [1.807, 2.05) is 121 Å². The molecule has 4 aromatic carbocycles. The van der Waals surface area contributed by atoms with Gasteiger partial charge in [-0.15, -0.1) is 0 Å². The molecule has 382 valence electrons. The third kappa shape index (κ3) is 14.1. The topological polar surface area (TPSA) is 216 Å². The monoisotopic (exact) mass is 1010 g/mol. The van der Waals surface area contributed by atoms with Crippen LogP contribution in [-0.4, -0.2) is 104 Å². The van der Waals surface area contributed by atoms with Crippen molar-refractivity contribution in [3.63, 3.8) is 0 Å². The number of aromatic hydroxyl groups is 2. The molecule has 0 aliphatic carbocycles. The van der Waals surface area contributed by atoms with Gasteiger partial charge in [-0.1, -0.05) is 55.5 Å². The van der Waals surface area contributed by atoms with Crippen molar-refractivity contribution in [1.29, 1.82) is 0 Å². The number of benzene rings is 4. The minimum absolute atomic E-state index is 0.00476.